The minimum absolute atomic E-state index is 0.117. The lowest BCUT2D eigenvalue weighted by Gasteiger charge is -2.58. The number of carbonyl (C=O) groups is 1. The number of nitrogens with zero attached hydrogens (tertiary/aromatic N) is 1. The third-order valence-corrected chi connectivity index (χ3v) is 12.5. The van der Waals surface area contributed by atoms with E-state index in [-0.39, 0.29) is 6.10 Å². The first kappa shape index (κ1) is 25.7. The van der Waals surface area contributed by atoms with Gasteiger partial charge in [-0.1, -0.05) is 62.8 Å². The minimum atomic E-state index is -0.117. The van der Waals surface area contributed by atoms with Gasteiger partial charge in [0.25, 0.3) is 0 Å². The van der Waals surface area contributed by atoms with E-state index in [1.807, 2.05) is 0 Å². The maximum Gasteiger partial charge on any atom is 0.222 e. The number of aliphatic hydroxyl groups is 1. The number of benzene rings is 1. The first-order chi connectivity index (χ1) is 17.8. The third kappa shape index (κ3) is 4.42. The molecule has 1 aromatic carbocycles. The van der Waals surface area contributed by atoms with Crippen LogP contribution in [0, 0.1) is 40.4 Å². The van der Waals surface area contributed by atoms with E-state index in [4.69, 9.17) is 0 Å². The number of fused-ring (bicyclic) bond motifs is 5. The van der Waals surface area contributed by atoms with Gasteiger partial charge in [-0.25, -0.2) is 0 Å². The Bertz CT molecular complexity index is 1020. The third-order valence-electron chi connectivity index (χ3n) is 12.5. The average Bonchev–Trinajstić information content (AvgIpc) is 3.53. The van der Waals surface area contributed by atoms with Crippen LogP contribution in [0.25, 0.3) is 0 Å². The van der Waals surface area contributed by atoms with Gasteiger partial charge in [0.15, 0.2) is 0 Å². The molecular weight excluding hydrogens is 454 g/mol. The highest BCUT2D eigenvalue weighted by Gasteiger charge is 2.59. The molecule has 1 amide bonds. The lowest BCUT2D eigenvalue weighted by molar-refractivity contribution is -0.130. The van der Waals surface area contributed by atoms with Crippen LogP contribution in [0.15, 0.2) is 42.0 Å². The Morgan fingerprint density at radius 2 is 1.86 bits per heavy atom. The second-order valence-corrected chi connectivity index (χ2v) is 14.1. The molecule has 0 aromatic heterocycles. The van der Waals surface area contributed by atoms with Crippen molar-refractivity contribution in [1.82, 2.24) is 4.90 Å². The SMILES string of the molecule is C[C@H](CCC(=O)N1CC[C@@H](c2ccccc2)C1)[C@H]1CC[C@H]2[C@@H]3CC=C4C[C@@H](O)CC[C@]4(C)[C@H]3CC[C@]12C. The molecule has 0 unspecified atom stereocenters. The van der Waals surface area contributed by atoms with E-state index >= 15 is 0 Å². The van der Waals surface area contributed by atoms with Crippen molar-refractivity contribution in [3.63, 3.8) is 0 Å². The maximum atomic E-state index is 13.2. The van der Waals surface area contributed by atoms with Crippen LogP contribution in [0.5, 0.6) is 0 Å². The zero-order valence-electron chi connectivity index (χ0n) is 23.5. The quantitative estimate of drug-likeness (QED) is 0.427. The first-order valence-electron chi connectivity index (χ1n) is 15.5. The van der Waals surface area contributed by atoms with Crippen LogP contribution < -0.4 is 0 Å². The molecule has 1 aliphatic heterocycles. The Morgan fingerprint density at radius 1 is 1.05 bits per heavy atom. The number of likely N-dealkylation sites (tertiary alicyclic amines) is 1. The Hall–Kier alpha value is -1.61. The fraction of sp³-hybridized carbons (Fsp3) is 0.735. The second-order valence-electron chi connectivity index (χ2n) is 14.1. The Labute approximate surface area is 225 Å². The molecular formula is C34H49NO2. The Morgan fingerprint density at radius 3 is 2.68 bits per heavy atom. The summed E-state index contributed by atoms with van der Waals surface area (Å²) in [6, 6.07) is 10.7. The van der Waals surface area contributed by atoms with Crippen molar-refractivity contribution in [3.8, 4) is 0 Å². The van der Waals surface area contributed by atoms with Crippen LogP contribution in [0.3, 0.4) is 0 Å². The maximum absolute atomic E-state index is 13.2. The first-order valence-corrected chi connectivity index (χ1v) is 15.5. The van der Waals surface area contributed by atoms with Crippen LogP contribution >= 0.6 is 0 Å². The number of carbonyl (C=O) groups excluding carboxylic acids is 1. The van der Waals surface area contributed by atoms with Gasteiger partial charge < -0.3 is 10.0 Å². The summed E-state index contributed by atoms with van der Waals surface area (Å²) < 4.78 is 0. The van der Waals surface area contributed by atoms with Crippen LogP contribution in [0.4, 0.5) is 0 Å². The van der Waals surface area contributed by atoms with E-state index in [2.05, 4.69) is 62.1 Å². The number of allylic oxidation sites excluding steroid dienone is 1. The van der Waals surface area contributed by atoms with Crippen molar-refractivity contribution in [2.75, 3.05) is 13.1 Å². The monoisotopic (exact) mass is 503 g/mol. The lowest BCUT2D eigenvalue weighted by atomic mass is 9.47. The molecule has 1 aromatic rings. The highest BCUT2D eigenvalue weighted by atomic mass is 16.3. The summed E-state index contributed by atoms with van der Waals surface area (Å²) in [7, 11) is 0. The van der Waals surface area contributed by atoms with Crippen molar-refractivity contribution in [2.24, 2.45) is 40.4 Å². The van der Waals surface area contributed by atoms with Crippen LogP contribution in [-0.2, 0) is 4.79 Å². The number of aliphatic hydroxyl groups excluding tert-OH is 1. The highest BCUT2D eigenvalue weighted by Crippen LogP contribution is 2.67. The van der Waals surface area contributed by atoms with Gasteiger partial charge >= 0.3 is 0 Å². The second kappa shape index (κ2) is 9.85. The van der Waals surface area contributed by atoms with Gasteiger partial charge in [0.1, 0.15) is 0 Å². The van der Waals surface area contributed by atoms with E-state index < -0.39 is 0 Å². The van der Waals surface area contributed by atoms with Gasteiger partial charge in [0.2, 0.25) is 5.91 Å². The standard InChI is InChI=1S/C34H49NO2/c1-23(9-14-32(37)35-20-17-25(22-35)24-7-5-4-6-8-24)29-12-13-30-28-11-10-26-21-27(36)15-18-33(26,2)31(28)16-19-34(29,30)3/h4-8,10,23,25,27-31,36H,9,11-22H2,1-3H3/t23-,25-,27+,28+,29-,30+,31+,33+,34-/m1/s1. The van der Waals surface area contributed by atoms with Gasteiger partial charge in [0.05, 0.1) is 6.10 Å². The molecule has 4 fully saturated rings. The summed E-state index contributed by atoms with van der Waals surface area (Å²) in [5, 5.41) is 10.3. The van der Waals surface area contributed by atoms with Gasteiger partial charge in [-0.15, -0.1) is 0 Å². The molecule has 37 heavy (non-hydrogen) atoms. The van der Waals surface area contributed by atoms with E-state index in [0.717, 1.165) is 68.9 Å². The van der Waals surface area contributed by atoms with Gasteiger partial charge in [-0.05, 0) is 110 Å². The fourth-order valence-electron chi connectivity index (χ4n) is 10.3. The molecule has 4 aliphatic carbocycles. The number of hydrogen-bond acceptors (Lipinski definition) is 2. The predicted molar refractivity (Wildman–Crippen MR) is 150 cm³/mol. The summed E-state index contributed by atoms with van der Waals surface area (Å²) >= 11 is 0. The fourth-order valence-corrected chi connectivity index (χ4v) is 10.3. The van der Waals surface area contributed by atoms with Crippen molar-refractivity contribution in [3.05, 3.63) is 47.5 Å². The summed E-state index contributed by atoms with van der Waals surface area (Å²) in [5.41, 5.74) is 3.72. The van der Waals surface area contributed by atoms with E-state index in [1.54, 1.807) is 5.57 Å². The molecule has 0 radical (unpaired) electrons. The molecule has 6 rings (SSSR count). The molecule has 202 valence electrons. The molecule has 0 bridgehead atoms. The molecule has 3 heteroatoms. The number of hydrogen-bond donors (Lipinski definition) is 1. The van der Waals surface area contributed by atoms with Crippen LogP contribution in [0.1, 0.15) is 103 Å². The Balaban J connectivity index is 1.07. The van der Waals surface area contributed by atoms with Crippen molar-refractivity contribution >= 4 is 5.91 Å². The van der Waals surface area contributed by atoms with E-state index in [1.165, 1.54) is 44.1 Å². The van der Waals surface area contributed by atoms with Crippen molar-refractivity contribution in [1.29, 1.82) is 0 Å². The van der Waals surface area contributed by atoms with E-state index in [0.29, 0.717) is 28.6 Å². The van der Waals surface area contributed by atoms with Crippen molar-refractivity contribution < 1.29 is 9.90 Å². The summed E-state index contributed by atoms with van der Waals surface area (Å²) in [4.78, 5) is 15.3. The molecule has 3 saturated carbocycles. The molecule has 9 atom stereocenters. The van der Waals surface area contributed by atoms with Gasteiger partial charge in [-0.3, -0.25) is 4.79 Å². The lowest BCUT2D eigenvalue weighted by Crippen LogP contribution is -2.50. The molecule has 3 nitrogen and oxygen atoms in total. The average molecular weight is 504 g/mol. The van der Waals surface area contributed by atoms with Crippen molar-refractivity contribution in [2.45, 2.75) is 103 Å². The Kier molecular flexibility index (Phi) is 6.83. The molecule has 0 spiro atoms. The minimum Gasteiger partial charge on any atom is -0.393 e. The zero-order valence-corrected chi connectivity index (χ0v) is 23.5. The van der Waals surface area contributed by atoms with Gasteiger partial charge in [0, 0.05) is 25.4 Å². The van der Waals surface area contributed by atoms with Crippen LogP contribution in [-0.4, -0.2) is 35.1 Å². The molecule has 1 heterocycles. The highest BCUT2D eigenvalue weighted by molar-refractivity contribution is 5.76. The molecule has 1 N–H and O–H groups in total. The molecule has 5 aliphatic rings. The smallest absolute Gasteiger partial charge is 0.222 e. The normalized spacial score (nSPS) is 41.9. The largest absolute Gasteiger partial charge is 0.393 e. The number of amides is 1. The zero-order chi connectivity index (χ0) is 25.8. The summed E-state index contributed by atoms with van der Waals surface area (Å²) in [6.45, 7) is 9.43. The van der Waals surface area contributed by atoms with E-state index in [9.17, 15) is 9.90 Å². The number of rotatable bonds is 5. The van der Waals surface area contributed by atoms with Gasteiger partial charge in [-0.2, -0.15) is 0 Å². The summed E-state index contributed by atoms with van der Waals surface area (Å²) in [6.07, 6.45) is 15.1. The predicted octanol–water partition coefficient (Wildman–Crippen LogP) is 7.36. The molecule has 1 saturated heterocycles. The summed E-state index contributed by atoms with van der Waals surface area (Å²) in [5.74, 6) is 4.73. The van der Waals surface area contributed by atoms with Crippen LogP contribution in [0.2, 0.25) is 0 Å². The topological polar surface area (TPSA) is 40.5 Å².